The third-order valence-electron chi connectivity index (χ3n) is 2.83. The number of unbranched alkanes of at least 4 members (excludes halogenated alkanes) is 3. The summed E-state index contributed by atoms with van der Waals surface area (Å²) in [5.41, 5.74) is 5.41. The first kappa shape index (κ1) is 16.4. The van der Waals surface area contributed by atoms with E-state index < -0.39 is 0 Å². The van der Waals surface area contributed by atoms with Gasteiger partial charge in [0.25, 0.3) is 0 Å². The zero-order valence-electron chi connectivity index (χ0n) is 11.3. The number of carbonyl (C=O) groups is 1. The molecule has 0 heterocycles. The number of hydrogen-bond acceptors (Lipinski definition) is 2. The lowest BCUT2D eigenvalue weighted by Gasteiger charge is -2.10. The Labute approximate surface area is 111 Å². The van der Waals surface area contributed by atoms with E-state index in [1.165, 1.54) is 25.7 Å². The Morgan fingerprint density at radius 1 is 1.18 bits per heavy atom. The Hall–Kier alpha value is -0.640. The van der Waals surface area contributed by atoms with E-state index in [-0.39, 0.29) is 16.8 Å². The lowest BCUT2D eigenvalue weighted by Crippen LogP contribution is -2.36. The van der Waals surface area contributed by atoms with Crippen LogP contribution in [0.15, 0.2) is 0 Å². The van der Waals surface area contributed by atoms with Gasteiger partial charge in [-0.25, -0.2) is 0 Å². The average Bonchev–Trinajstić information content (AvgIpc) is 2.25. The molecule has 0 saturated carbocycles. The minimum atomic E-state index is -0.356. The molecule has 0 aromatic rings. The van der Waals surface area contributed by atoms with Gasteiger partial charge in [-0.15, -0.1) is 0 Å². The lowest BCUT2D eigenvalue weighted by molar-refractivity contribution is -0.122. The first-order valence-corrected chi connectivity index (χ1v) is 6.93. The van der Waals surface area contributed by atoms with Gasteiger partial charge in [-0.3, -0.25) is 4.79 Å². The normalized spacial score (nSPS) is 12.5. The third-order valence-corrected chi connectivity index (χ3v) is 3.18. The minimum Gasteiger partial charge on any atom is -0.393 e. The van der Waals surface area contributed by atoms with Gasteiger partial charge in [-0.1, -0.05) is 51.7 Å². The van der Waals surface area contributed by atoms with Gasteiger partial charge in [-0.2, -0.15) is 0 Å². The summed E-state index contributed by atoms with van der Waals surface area (Å²) >= 11 is 4.77. The molecule has 3 N–H and O–H groups in total. The maximum absolute atomic E-state index is 11.5. The molecule has 0 aliphatic heterocycles. The highest BCUT2D eigenvalue weighted by molar-refractivity contribution is 7.80. The number of hydrogen-bond donors (Lipinski definition) is 2. The number of nitrogens with one attached hydrogen (secondary N) is 1. The van der Waals surface area contributed by atoms with Gasteiger partial charge >= 0.3 is 0 Å². The third kappa shape index (κ3) is 9.10. The predicted molar refractivity (Wildman–Crippen MR) is 76.9 cm³/mol. The monoisotopic (exact) mass is 258 g/mol. The van der Waals surface area contributed by atoms with Crippen LogP contribution in [0.4, 0.5) is 0 Å². The summed E-state index contributed by atoms with van der Waals surface area (Å²) in [4.78, 5) is 11.7. The summed E-state index contributed by atoms with van der Waals surface area (Å²) in [5.74, 6) is 0.381. The van der Waals surface area contributed by atoms with Crippen molar-refractivity contribution < 1.29 is 4.79 Å². The second-order valence-electron chi connectivity index (χ2n) is 5.01. The standard InChI is InChI=1S/C13H26N2OS/c1-10(2)8-6-4-5-7-9-15-13(16)11(3)12(14)17/h10-11H,4-9H2,1-3H3,(H2,14,17)(H,15,16). The lowest BCUT2D eigenvalue weighted by atomic mass is 10.0. The molecule has 0 saturated heterocycles. The van der Waals surface area contributed by atoms with E-state index in [9.17, 15) is 4.79 Å². The SMILES string of the molecule is CC(C)CCCCCCNC(=O)C(C)C(N)=S. The number of carbonyl (C=O) groups excluding carboxylic acids is 1. The zero-order chi connectivity index (χ0) is 13.3. The summed E-state index contributed by atoms with van der Waals surface area (Å²) in [7, 11) is 0. The van der Waals surface area contributed by atoms with Gasteiger partial charge in [0.2, 0.25) is 5.91 Å². The Kier molecular flexibility index (Phi) is 9.04. The molecule has 4 heteroatoms. The van der Waals surface area contributed by atoms with Crippen LogP contribution >= 0.6 is 12.2 Å². The van der Waals surface area contributed by atoms with Crippen molar-refractivity contribution in [3.63, 3.8) is 0 Å². The average molecular weight is 258 g/mol. The van der Waals surface area contributed by atoms with Crippen molar-refractivity contribution in [2.45, 2.75) is 52.9 Å². The number of rotatable bonds is 9. The van der Waals surface area contributed by atoms with Crippen LogP contribution in [0, 0.1) is 11.8 Å². The molecular weight excluding hydrogens is 232 g/mol. The smallest absolute Gasteiger partial charge is 0.229 e. The second-order valence-corrected chi connectivity index (χ2v) is 5.48. The molecule has 0 rings (SSSR count). The quantitative estimate of drug-likeness (QED) is 0.494. The molecule has 0 aromatic heterocycles. The van der Waals surface area contributed by atoms with Gasteiger partial charge in [-0.05, 0) is 19.3 Å². The molecule has 1 amide bonds. The molecule has 0 fully saturated rings. The number of amides is 1. The van der Waals surface area contributed by atoms with E-state index in [2.05, 4.69) is 19.2 Å². The molecule has 100 valence electrons. The van der Waals surface area contributed by atoms with E-state index in [0.717, 1.165) is 18.9 Å². The summed E-state index contributed by atoms with van der Waals surface area (Å²) in [6.07, 6.45) is 6.04. The summed E-state index contributed by atoms with van der Waals surface area (Å²) in [6.45, 7) is 6.96. The Balaban J connectivity index is 3.40. The molecule has 0 spiro atoms. The van der Waals surface area contributed by atoms with Crippen LogP contribution in [-0.2, 0) is 4.79 Å². The molecule has 3 nitrogen and oxygen atoms in total. The van der Waals surface area contributed by atoms with Crippen LogP contribution in [0.25, 0.3) is 0 Å². The first-order chi connectivity index (χ1) is 7.95. The van der Waals surface area contributed by atoms with Crippen LogP contribution in [0.2, 0.25) is 0 Å². The Morgan fingerprint density at radius 2 is 1.76 bits per heavy atom. The molecule has 0 aliphatic carbocycles. The van der Waals surface area contributed by atoms with E-state index in [4.69, 9.17) is 18.0 Å². The molecule has 0 aliphatic rings. The summed E-state index contributed by atoms with van der Waals surface area (Å²) in [6, 6.07) is 0. The topological polar surface area (TPSA) is 55.1 Å². The van der Waals surface area contributed by atoms with Crippen LogP contribution < -0.4 is 11.1 Å². The molecular formula is C13H26N2OS. The van der Waals surface area contributed by atoms with Crippen molar-refractivity contribution in [1.82, 2.24) is 5.32 Å². The van der Waals surface area contributed by atoms with Crippen molar-refractivity contribution in [1.29, 1.82) is 0 Å². The van der Waals surface area contributed by atoms with Crippen molar-refractivity contribution in [2.75, 3.05) is 6.54 Å². The van der Waals surface area contributed by atoms with Crippen molar-refractivity contribution in [3.8, 4) is 0 Å². The molecule has 0 radical (unpaired) electrons. The van der Waals surface area contributed by atoms with Crippen molar-refractivity contribution >= 4 is 23.1 Å². The van der Waals surface area contributed by atoms with Crippen molar-refractivity contribution in [2.24, 2.45) is 17.6 Å². The van der Waals surface area contributed by atoms with E-state index in [1.807, 2.05) is 0 Å². The fourth-order valence-corrected chi connectivity index (χ4v) is 1.63. The number of nitrogens with two attached hydrogens (primary N) is 1. The first-order valence-electron chi connectivity index (χ1n) is 6.52. The van der Waals surface area contributed by atoms with Gasteiger partial charge < -0.3 is 11.1 Å². The Morgan fingerprint density at radius 3 is 2.29 bits per heavy atom. The van der Waals surface area contributed by atoms with Gasteiger partial charge in [0, 0.05) is 6.54 Å². The highest BCUT2D eigenvalue weighted by Gasteiger charge is 2.14. The summed E-state index contributed by atoms with van der Waals surface area (Å²) < 4.78 is 0. The van der Waals surface area contributed by atoms with Gasteiger partial charge in [0.15, 0.2) is 0 Å². The molecule has 0 bridgehead atoms. The van der Waals surface area contributed by atoms with Crippen LogP contribution in [-0.4, -0.2) is 17.4 Å². The van der Waals surface area contributed by atoms with E-state index in [1.54, 1.807) is 6.92 Å². The van der Waals surface area contributed by atoms with Gasteiger partial charge in [0.1, 0.15) is 0 Å². The largest absolute Gasteiger partial charge is 0.393 e. The Bertz CT molecular complexity index is 242. The minimum absolute atomic E-state index is 0.0559. The van der Waals surface area contributed by atoms with Crippen LogP contribution in [0.1, 0.15) is 52.9 Å². The fraction of sp³-hybridized carbons (Fsp3) is 0.846. The highest BCUT2D eigenvalue weighted by atomic mass is 32.1. The van der Waals surface area contributed by atoms with E-state index >= 15 is 0 Å². The zero-order valence-corrected chi connectivity index (χ0v) is 12.1. The fourth-order valence-electron chi connectivity index (χ4n) is 1.53. The van der Waals surface area contributed by atoms with Crippen molar-refractivity contribution in [3.05, 3.63) is 0 Å². The van der Waals surface area contributed by atoms with E-state index in [0.29, 0.717) is 0 Å². The van der Waals surface area contributed by atoms with Crippen LogP contribution in [0.5, 0.6) is 0 Å². The molecule has 1 unspecified atom stereocenters. The molecule has 0 aromatic carbocycles. The predicted octanol–water partition coefficient (Wildman–Crippen LogP) is 2.63. The molecule has 17 heavy (non-hydrogen) atoms. The summed E-state index contributed by atoms with van der Waals surface area (Å²) in [5, 5.41) is 2.86. The maximum atomic E-state index is 11.5. The number of thiocarbonyl (C=S) groups is 1. The second kappa shape index (κ2) is 9.40. The van der Waals surface area contributed by atoms with Crippen LogP contribution in [0.3, 0.4) is 0 Å². The maximum Gasteiger partial charge on any atom is 0.229 e. The highest BCUT2D eigenvalue weighted by Crippen LogP contribution is 2.09. The molecule has 1 atom stereocenters. The van der Waals surface area contributed by atoms with Gasteiger partial charge in [0.05, 0.1) is 10.9 Å².